The van der Waals surface area contributed by atoms with Crippen LogP contribution in [0.15, 0.2) is 82.4 Å². The monoisotopic (exact) mass is 538 g/mol. The van der Waals surface area contributed by atoms with Crippen molar-refractivity contribution in [1.29, 1.82) is 0 Å². The van der Waals surface area contributed by atoms with E-state index in [0.717, 1.165) is 53.6 Å². The maximum atomic E-state index is 13.3. The van der Waals surface area contributed by atoms with Gasteiger partial charge in [0.05, 0.1) is 15.1 Å². The Labute approximate surface area is 208 Å². The van der Waals surface area contributed by atoms with Crippen LogP contribution in [0.1, 0.15) is 24.0 Å². The van der Waals surface area contributed by atoms with Gasteiger partial charge in [-0.1, -0.05) is 48.0 Å². The van der Waals surface area contributed by atoms with Gasteiger partial charge in [-0.05, 0) is 66.0 Å². The Morgan fingerprint density at radius 1 is 1.09 bits per heavy atom. The minimum atomic E-state index is -3.74. The average Bonchev–Trinajstić information content (AvgIpc) is 3.27. The van der Waals surface area contributed by atoms with Crippen molar-refractivity contribution in [3.8, 4) is 0 Å². The molecule has 1 aliphatic heterocycles. The summed E-state index contributed by atoms with van der Waals surface area (Å²) in [5.74, 6) is 0. The Morgan fingerprint density at radius 2 is 1.85 bits per heavy atom. The van der Waals surface area contributed by atoms with E-state index in [2.05, 4.69) is 55.4 Å². The van der Waals surface area contributed by atoms with Gasteiger partial charge < -0.3 is 5.32 Å². The quantitative estimate of drug-likeness (QED) is 0.355. The number of nitrogens with zero attached hydrogens (tertiary/aromatic N) is 3. The molecule has 0 unspecified atom stereocenters. The maximum absolute atomic E-state index is 13.3. The molecule has 0 bridgehead atoms. The minimum Gasteiger partial charge on any atom is -0.379 e. The highest BCUT2D eigenvalue weighted by molar-refractivity contribution is 9.10. The van der Waals surface area contributed by atoms with Gasteiger partial charge in [0.25, 0.3) is 10.0 Å². The molecule has 176 valence electrons. The summed E-state index contributed by atoms with van der Waals surface area (Å²) < 4.78 is 28.7. The number of hydrogen-bond acceptors (Lipinski definition) is 5. The van der Waals surface area contributed by atoms with Crippen molar-refractivity contribution in [3.63, 3.8) is 0 Å². The molecule has 34 heavy (non-hydrogen) atoms. The topological polar surface area (TPSA) is 67.2 Å². The number of hydrogen-bond donors (Lipinski definition) is 1. The number of halogens is 1. The summed E-state index contributed by atoms with van der Waals surface area (Å²) >= 11 is 3.63. The molecule has 1 fully saturated rings. The van der Waals surface area contributed by atoms with Gasteiger partial charge >= 0.3 is 0 Å². The van der Waals surface area contributed by atoms with Crippen LogP contribution in [0.5, 0.6) is 0 Å². The molecule has 0 saturated carbocycles. The molecular weight excluding hydrogens is 512 g/mol. The SMILES string of the molecule is Cc1ccc(S(=O)(=O)n2ccc3c(N[C@@H]4CCCN(Cc5ccccc5)C4)c(Br)cnc32)cc1. The van der Waals surface area contributed by atoms with E-state index in [9.17, 15) is 8.42 Å². The van der Waals surface area contributed by atoms with Crippen LogP contribution >= 0.6 is 15.9 Å². The fraction of sp³-hybridized carbons (Fsp3) is 0.269. The molecule has 0 radical (unpaired) electrons. The van der Waals surface area contributed by atoms with Crippen LogP contribution in [0.3, 0.4) is 0 Å². The number of rotatable bonds is 6. The summed E-state index contributed by atoms with van der Waals surface area (Å²) in [4.78, 5) is 7.18. The second kappa shape index (κ2) is 9.52. The molecular formula is C26H27BrN4O2S. The van der Waals surface area contributed by atoms with E-state index >= 15 is 0 Å². The van der Waals surface area contributed by atoms with Gasteiger partial charge in [-0.15, -0.1) is 0 Å². The molecule has 6 nitrogen and oxygen atoms in total. The predicted molar refractivity (Wildman–Crippen MR) is 140 cm³/mol. The van der Waals surface area contributed by atoms with Gasteiger partial charge in [0, 0.05) is 36.9 Å². The van der Waals surface area contributed by atoms with Crippen molar-refractivity contribution in [3.05, 3.63) is 88.7 Å². The zero-order valence-electron chi connectivity index (χ0n) is 19.0. The Balaban J connectivity index is 1.41. The van der Waals surface area contributed by atoms with Gasteiger partial charge in [0.1, 0.15) is 0 Å². The number of benzene rings is 2. The van der Waals surface area contributed by atoms with Crippen molar-refractivity contribution < 1.29 is 8.42 Å². The van der Waals surface area contributed by atoms with Crippen LogP contribution in [0.2, 0.25) is 0 Å². The lowest BCUT2D eigenvalue weighted by Gasteiger charge is -2.34. The molecule has 1 N–H and O–H groups in total. The average molecular weight is 539 g/mol. The van der Waals surface area contributed by atoms with Crippen molar-refractivity contribution in [2.75, 3.05) is 18.4 Å². The van der Waals surface area contributed by atoms with E-state index in [0.29, 0.717) is 5.65 Å². The summed E-state index contributed by atoms with van der Waals surface area (Å²) in [6.07, 6.45) is 5.44. The molecule has 1 atom stereocenters. The van der Waals surface area contributed by atoms with E-state index in [-0.39, 0.29) is 10.9 Å². The number of piperidine rings is 1. The third-order valence-electron chi connectivity index (χ3n) is 6.32. The molecule has 1 saturated heterocycles. The summed E-state index contributed by atoms with van der Waals surface area (Å²) in [6.45, 7) is 4.86. The van der Waals surface area contributed by atoms with Gasteiger partial charge in [0.15, 0.2) is 5.65 Å². The highest BCUT2D eigenvalue weighted by atomic mass is 79.9. The van der Waals surface area contributed by atoms with E-state index in [1.807, 2.05) is 19.1 Å². The number of pyridine rings is 1. The first-order valence-electron chi connectivity index (χ1n) is 11.4. The molecule has 5 rings (SSSR count). The van der Waals surface area contributed by atoms with Crippen molar-refractivity contribution in [2.24, 2.45) is 0 Å². The lowest BCUT2D eigenvalue weighted by molar-refractivity contribution is 0.208. The molecule has 4 aromatic rings. The molecule has 1 aliphatic rings. The van der Waals surface area contributed by atoms with Crippen LogP contribution < -0.4 is 5.32 Å². The Kier molecular flexibility index (Phi) is 6.46. The number of aromatic nitrogens is 2. The molecule has 2 aromatic heterocycles. The zero-order valence-corrected chi connectivity index (χ0v) is 21.4. The number of aryl methyl sites for hydroxylation is 1. The van der Waals surface area contributed by atoms with Crippen LogP contribution in [0.4, 0.5) is 5.69 Å². The third kappa shape index (κ3) is 4.62. The van der Waals surface area contributed by atoms with E-state index in [1.165, 1.54) is 9.54 Å². The van der Waals surface area contributed by atoms with Gasteiger partial charge in [-0.2, -0.15) is 0 Å². The summed E-state index contributed by atoms with van der Waals surface area (Å²) in [5.41, 5.74) is 3.63. The first-order valence-corrected chi connectivity index (χ1v) is 13.7. The lowest BCUT2D eigenvalue weighted by Crippen LogP contribution is -2.41. The van der Waals surface area contributed by atoms with E-state index < -0.39 is 10.0 Å². The van der Waals surface area contributed by atoms with E-state index in [4.69, 9.17) is 0 Å². The molecule has 0 spiro atoms. The largest absolute Gasteiger partial charge is 0.379 e. The summed E-state index contributed by atoms with van der Waals surface area (Å²) in [7, 11) is -3.74. The first kappa shape index (κ1) is 23.1. The number of nitrogens with one attached hydrogen (secondary N) is 1. The van der Waals surface area contributed by atoms with Crippen molar-refractivity contribution in [2.45, 2.75) is 37.2 Å². The number of anilines is 1. The second-order valence-electron chi connectivity index (χ2n) is 8.85. The third-order valence-corrected chi connectivity index (χ3v) is 8.60. The smallest absolute Gasteiger partial charge is 0.269 e. The Bertz CT molecular complexity index is 1400. The highest BCUT2D eigenvalue weighted by Gasteiger charge is 2.24. The molecule has 0 aliphatic carbocycles. The highest BCUT2D eigenvalue weighted by Crippen LogP contribution is 2.33. The summed E-state index contributed by atoms with van der Waals surface area (Å²) in [5, 5.41) is 4.47. The second-order valence-corrected chi connectivity index (χ2v) is 11.5. The number of likely N-dealkylation sites (tertiary alicyclic amines) is 1. The lowest BCUT2D eigenvalue weighted by atomic mass is 10.0. The molecule has 8 heteroatoms. The number of fused-ring (bicyclic) bond motifs is 1. The van der Waals surface area contributed by atoms with Gasteiger partial charge in [-0.3, -0.25) is 4.90 Å². The first-order chi connectivity index (χ1) is 16.4. The molecule has 0 amide bonds. The van der Waals surface area contributed by atoms with Crippen molar-refractivity contribution >= 4 is 42.7 Å². The Morgan fingerprint density at radius 3 is 2.62 bits per heavy atom. The van der Waals surface area contributed by atoms with Crippen LogP contribution in [-0.2, 0) is 16.6 Å². The predicted octanol–water partition coefficient (Wildman–Crippen LogP) is 5.42. The fourth-order valence-corrected chi connectivity index (χ4v) is 6.30. The van der Waals surface area contributed by atoms with Crippen molar-refractivity contribution in [1.82, 2.24) is 13.9 Å². The minimum absolute atomic E-state index is 0.249. The summed E-state index contributed by atoms with van der Waals surface area (Å²) in [6, 6.07) is 19.5. The fourth-order valence-electron chi connectivity index (χ4n) is 4.57. The molecule has 3 heterocycles. The maximum Gasteiger partial charge on any atom is 0.269 e. The van der Waals surface area contributed by atoms with Gasteiger partial charge in [-0.25, -0.2) is 17.4 Å². The molecule has 2 aromatic carbocycles. The normalized spacial score (nSPS) is 17.2. The van der Waals surface area contributed by atoms with Crippen LogP contribution in [0.25, 0.3) is 11.0 Å². The van der Waals surface area contributed by atoms with Crippen LogP contribution in [-0.4, -0.2) is 41.4 Å². The zero-order chi connectivity index (χ0) is 23.7. The standard InChI is InChI=1S/C26H27BrN4O2S/c1-19-9-11-22(12-10-19)34(32,33)31-15-13-23-25(24(27)16-28-26(23)31)29-21-8-5-14-30(18-21)17-20-6-3-2-4-7-20/h2-4,6-7,9-13,15-16,21H,5,8,14,17-18H2,1H3,(H,28,29)/t21-/m1/s1. The van der Waals surface area contributed by atoms with Gasteiger partial charge in [0.2, 0.25) is 0 Å². The van der Waals surface area contributed by atoms with Crippen LogP contribution in [0, 0.1) is 6.92 Å². The Hall–Kier alpha value is -2.68. The van der Waals surface area contributed by atoms with E-state index in [1.54, 1.807) is 36.7 Å².